The number of piperidine rings is 1. The number of nitrogens with one attached hydrogen (secondary N) is 2. The minimum absolute atomic E-state index is 0.207. The first-order chi connectivity index (χ1) is 11.3. The second-order valence-corrected chi connectivity index (χ2v) is 5.73. The van der Waals surface area contributed by atoms with Crippen LogP contribution in [0.1, 0.15) is 18.4 Å². The van der Waals surface area contributed by atoms with Gasteiger partial charge in [0.25, 0.3) is 0 Å². The Bertz CT molecular complexity index is 611. The van der Waals surface area contributed by atoms with Gasteiger partial charge in [0, 0.05) is 38.1 Å². The molecule has 1 aromatic heterocycles. The van der Waals surface area contributed by atoms with Crippen molar-refractivity contribution < 1.29 is 4.79 Å². The van der Waals surface area contributed by atoms with Crippen molar-refractivity contribution >= 4 is 11.8 Å². The van der Waals surface area contributed by atoms with Crippen LogP contribution in [0, 0.1) is 0 Å². The summed E-state index contributed by atoms with van der Waals surface area (Å²) in [5.41, 5.74) is 1.33. The highest BCUT2D eigenvalue weighted by Crippen LogP contribution is 2.14. The van der Waals surface area contributed by atoms with Crippen molar-refractivity contribution in [3.05, 3.63) is 54.5 Å². The summed E-state index contributed by atoms with van der Waals surface area (Å²) in [7, 11) is 0. The van der Waals surface area contributed by atoms with Crippen LogP contribution >= 0.6 is 0 Å². The summed E-state index contributed by atoms with van der Waals surface area (Å²) in [4.78, 5) is 22.3. The maximum absolute atomic E-state index is 11.9. The average Bonchev–Trinajstić information content (AvgIpc) is 2.58. The smallest absolute Gasteiger partial charge is 0.320 e. The monoisotopic (exact) mass is 311 g/mol. The molecule has 1 aliphatic rings. The highest BCUT2D eigenvalue weighted by atomic mass is 16.2. The molecule has 0 spiro atoms. The van der Waals surface area contributed by atoms with Crippen LogP contribution < -0.4 is 10.6 Å². The topological polar surface area (TPSA) is 70.1 Å². The van der Waals surface area contributed by atoms with Gasteiger partial charge in [0.15, 0.2) is 5.82 Å². The molecule has 0 aliphatic carbocycles. The molecule has 2 N–H and O–H groups in total. The Hall–Kier alpha value is -2.47. The van der Waals surface area contributed by atoms with Gasteiger partial charge in [-0.05, 0) is 18.4 Å². The lowest BCUT2D eigenvalue weighted by Gasteiger charge is -2.32. The summed E-state index contributed by atoms with van der Waals surface area (Å²) >= 11 is 0. The van der Waals surface area contributed by atoms with Crippen molar-refractivity contribution in [2.75, 3.05) is 18.4 Å². The van der Waals surface area contributed by atoms with Crippen molar-refractivity contribution in [2.45, 2.75) is 25.4 Å². The molecular weight excluding hydrogens is 290 g/mol. The molecule has 6 heteroatoms. The van der Waals surface area contributed by atoms with Crippen LogP contribution in [-0.2, 0) is 6.54 Å². The summed E-state index contributed by atoms with van der Waals surface area (Å²) < 4.78 is 0. The number of hydrogen-bond acceptors (Lipinski definition) is 4. The number of rotatable bonds is 4. The maximum atomic E-state index is 11.9. The van der Waals surface area contributed by atoms with Gasteiger partial charge < -0.3 is 5.32 Å². The third-order valence-electron chi connectivity index (χ3n) is 3.98. The number of likely N-dealkylation sites (tertiary alicyclic amines) is 1. The number of urea groups is 1. The number of amides is 2. The molecule has 120 valence electrons. The third kappa shape index (κ3) is 4.75. The Morgan fingerprint density at radius 2 is 1.96 bits per heavy atom. The first-order valence-electron chi connectivity index (χ1n) is 7.89. The standard InChI is InChI=1S/C17H21N5O/c23-17(21-16-12-18-8-9-19-16)20-15-6-10-22(11-7-15)13-14-4-2-1-3-5-14/h1-5,8-9,12,15H,6-7,10-11,13H2,(H2,19,20,21,23). The Morgan fingerprint density at radius 3 is 2.65 bits per heavy atom. The Labute approximate surface area is 135 Å². The van der Waals surface area contributed by atoms with Gasteiger partial charge in [-0.1, -0.05) is 30.3 Å². The highest BCUT2D eigenvalue weighted by molar-refractivity contribution is 5.88. The summed E-state index contributed by atoms with van der Waals surface area (Å²) in [5.74, 6) is 0.464. The first kappa shape index (κ1) is 15.4. The Morgan fingerprint density at radius 1 is 1.17 bits per heavy atom. The van der Waals surface area contributed by atoms with E-state index in [1.807, 2.05) is 6.07 Å². The molecule has 2 aromatic rings. The van der Waals surface area contributed by atoms with E-state index in [1.165, 1.54) is 11.8 Å². The predicted molar refractivity (Wildman–Crippen MR) is 88.9 cm³/mol. The van der Waals surface area contributed by atoms with E-state index in [2.05, 4.69) is 49.8 Å². The van der Waals surface area contributed by atoms with Gasteiger partial charge >= 0.3 is 6.03 Å². The SMILES string of the molecule is O=C(Nc1cnccn1)NC1CCN(Cc2ccccc2)CC1. The minimum Gasteiger partial charge on any atom is -0.335 e. The van der Waals surface area contributed by atoms with E-state index < -0.39 is 0 Å². The van der Waals surface area contributed by atoms with Crippen molar-refractivity contribution in [1.29, 1.82) is 0 Å². The average molecular weight is 311 g/mol. The molecule has 0 saturated carbocycles. The molecule has 2 amide bonds. The minimum atomic E-state index is -0.216. The van der Waals surface area contributed by atoms with Crippen LogP contribution in [0.4, 0.5) is 10.6 Å². The van der Waals surface area contributed by atoms with Crippen LogP contribution in [0.2, 0.25) is 0 Å². The second-order valence-electron chi connectivity index (χ2n) is 5.73. The lowest BCUT2D eigenvalue weighted by Crippen LogP contribution is -2.45. The normalized spacial score (nSPS) is 16.0. The molecule has 0 unspecified atom stereocenters. The maximum Gasteiger partial charge on any atom is 0.320 e. The summed E-state index contributed by atoms with van der Waals surface area (Å²) in [6.07, 6.45) is 6.58. The van der Waals surface area contributed by atoms with Crippen molar-refractivity contribution in [2.24, 2.45) is 0 Å². The van der Waals surface area contributed by atoms with Crippen LogP contribution in [0.25, 0.3) is 0 Å². The number of aromatic nitrogens is 2. The van der Waals surface area contributed by atoms with Crippen molar-refractivity contribution in [3.8, 4) is 0 Å². The van der Waals surface area contributed by atoms with Gasteiger partial charge in [0.2, 0.25) is 0 Å². The zero-order valence-corrected chi connectivity index (χ0v) is 13.0. The van der Waals surface area contributed by atoms with E-state index in [0.717, 1.165) is 32.5 Å². The molecule has 6 nitrogen and oxygen atoms in total. The fourth-order valence-electron chi connectivity index (χ4n) is 2.78. The lowest BCUT2D eigenvalue weighted by atomic mass is 10.0. The van der Waals surface area contributed by atoms with Gasteiger partial charge in [0.1, 0.15) is 0 Å². The zero-order chi connectivity index (χ0) is 15.9. The third-order valence-corrected chi connectivity index (χ3v) is 3.98. The number of nitrogens with zero attached hydrogens (tertiary/aromatic N) is 3. The van der Waals surface area contributed by atoms with Gasteiger partial charge in [-0.15, -0.1) is 0 Å². The first-order valence-corrected chi connectivity index (χ1v) is 7.89. The predicted octanol–water partition coefficient (Wildman–Crippen LogP) is 2.26. The Kier molecular flexibility index (Phi) is 5.16. The molecule has 1 fully saturated rings. The molecule has 2 heterocycles. The van der Waals surface area contributed by atoms with Crippen LogP contribution in [0.5, 0.6) is 0 Å². The van der Waals surface area contributed by atoms with Gasteiger partial charge in [-0.25, -0.2) is 9.78 Å². The van der Waals surface area contributed by atoms with Crippen LogP contribution in [-0.4, -0.2) is 40.0 Å². The van der Waals surface area contributed by atoms with Crippen molar-refractivity contribution in [1.82, 2.24) is 20.2 Å². The molecule has 0 radical (unpaired) electrons. The van der Waals surface area contributed by atoms with E-state index in [1.54, 1.807) is 12.4 Å². The largest absolute Gasteiger partial charge is 0.335 e. The van der Waals surface area contributed by atoms with E-state index in [0.29, 0.717) is 5.82 Å². The van der Waals surface area contributed by atoms with E-state index in [-0.39, 0.29) is 12.1 Å². The van der Waals surface area contributed by atoms with Gasteiger partial charge in [-0.3, -0.25) is 15.2 Å². The molecule has 0 bridgehead atoms. The fourth-order valence-corrected chi connectivity index (χ4v) is 2.78. The molecule has 0 atom stereocenters. The van der Waals surface area contributed by atoms with E-state index >= 15 is 0 Å². The van der Waals surface area contributed by atoms with E-state index in [9.17, 15) is 4.79 Å². The molecule has 23 heavy (non-hydrogen) atoms. The highest BCUT2D eigenvalue weighted by Gasteiger charge is 2.20. The van der Waals surface area contributed by atoms with Crippen LogP contribution in [0.15, 0.2) is 48.9 Å². The molecular formula is C17H21N5O. The zero-order valence-electron chi connectivity index (χ0n) is 13.0. The second kappa shape index (κ2) is 7.69. The van der Waals surface area contributed by atoms with E-state index in [4.69, 9.17) is 0 Å². The van der Waals surface area contributed by atoms with Gasteiger partial charge in [0.05, 0.1) is 6.20 Å². The van der Waals surface area contributed by atoms with Gasteiger partial charge in [-0.2, -0.15) is 0 Å². The molecule has 1 aliphatic heterocycles. The van der Waals surface area contributed by atoms with Crippen LogP contribution in [0.3, 0.4) is 0 Å². The quantitative estimate of drug-likeness (QED) is 0.908. The number of carbonyl (C=O) groups excluding carboxylic acids is 1. The number of carbonyl (C=O) groups is 1. The summed E-state index contributed by atoms with van der Waals surface area (Å²) in [5, 5.41) is 5.71. The fraction of sp³-hybridized carbons (Fsp3) is 0.353. The number of hydrogen-bond donors (Lipinski definition) is 2. The van der Waals surface area contributed by atoms with Crippen molar-refractivity contribution in [3.63, 3.8) is 0 Å². The number of benzene rings is 1. The lowest BCUT2D eigenvalue weighted by molar-refractivity contribution is 0.190. The molecule has 1 saturated heterocycles. The molecule has 3 rings (SSSR count). The Balaban J connectivity index is 1.41. The molecule has 1 aromatic carbocycles. The number of anilines is 1. The summed E-state index contributed by atoms with van der Waals surface area (Å²) in [6, 6.07) is 10.5. The summed E-state index contributed by atoms with van der Waals surface area (Å²) in [6.45, 7) is 2.95.